The fraction of sp³-hybridized carbons (Fsp3) is 0.652. The predicted molar refractivity (Wildman–Crippen MR) is 129 cm³/mol. The predicted octanol–water partition coefficient (Wildman–Crippen LogP) is 3.46. The van der Waals surface area contributed by atoms with Gasteiger partial charge in [-0.05, 0) is 55.1 Å². The molecule has 1 N–H and O–H groups in total. The maximum atomic E-state index is 12.1. The highest BCUT2D eigenvalue weighted by Gasteiger charge is 2.41. The smallest absolute Gasteiger partial charge is 0.243 e. The molecule has 0 bridgehead atoms. The number of likely N-dealkylation sites (tertiary alicyclic amines) is 1. The molecule has 0 radical (unpaired) electrons. The molecule has 1 unspecified atom stereocenters. The van der Waals surface area contributed by atoms with Crippen LogP contribution < -0.4 is 5.32 Å². The first-order valence-corrected chi connectivity index (χ1v) is 10.9. The van der Waals surface area contributed by atoms with Gasteiger partial charge in [0.15, 0.2) is 5.96 Å². The minimum atomic E-state index is 0. The van der Waals surface area contributed by atoms with Crippen molar-refractivity contribution >= 4 is 35.8 Å². The Hall–Kier alpha value is -1.31. The maximum absolute atomic E-state index is 12.1. The molecule has 2 aliphatic carbocycles. The summed E-state index contributed by atoms with van der Waals surface area (Å²) in [7, 11) is 3.60. The summed E-state index contributed by atoms with van der Waals surface area (Å²) < 4.78 is 0. The number of amides is 1. The molecule has 1 amide bonds. The van der Waals surface area contributed by atoms with Crippen LogP contribution in [0.25, 0.3) is 0 Å². The minimum absolute atomic E-state index is 0. The monoisotopic (exact) mass is 510 g/mol. The number of aryl methyl sites for hydroxylation is 1. The van der Waals surface area contributed by atoms with Gasteiger partial charge in [0.05, 0.1) is 0 Å². The first-order valence-electron chi connectivity index (χ1n) is 10.9. The number of carbonyl (C=O) groups is 1. The van der Waals surface area contributed by atoms with E-state index in [0.717, 1.165) is 38.3 Å². The van der Waals surface area contributed by atoms with Crippen molar-refractivity contribution in [1.29, 1.82) is 0 Å². The first-order chi connectivity index (χ1) is 13.5. The second-order valence-electron chi connectivity index (χ2n) is 9.16. The number of nitrogens with one attached hydrogen (secondary N) is 1. The summed E-state index contributed by atoms with van der Waals surface area (Å²) >= 11 is 0. The number of hydrogen-bond donors (Lipinski definition) is 1. The van der Waals surface area contributed by atoms with Gasteiger partial charge in [0, 0.05) is 33.2 Å². The number of fused-ring (bicyclic) bond motifs is 1. The fourth-order valence-electron chi connectivity index (χ4n) is 5.17. The van der Waals surface area contributed by atoms with Gasteiger partial charge in [-0.3, -0.25) is 4.79 Å². The van der Waals surface area contributed by atoms with Crippen molar-refractivity contribution in [2.45, 2.75) is 57.4 Å². The highest BCUT2D eigenvalue weighted by atomic mass is 127. The highest BCUT2D eigenvalue weighted by Crippen LogP contribution is 2.45. The van der Waals surface area contributed by atoms with Crippen molar-refractivity contribution in [1.82, 2.24) is 15.1 Å². The van der Waals surface area contributed by atoms with E-state index in [2.05, 4.69) is 34.5 Å². The zero-order chi connectivity index (χ0) is 19.6. The molecule has 1 aliphatic heterocycles. The van der Waals surface area contributed by atoms with Gasteiger partial charge in [-0.15, -0.1) is 24.0 Å². The van der Waals surface area contributed by atoms with Crippen LogP contribution in [0.15, 0.2) is 29.3 Å². The van der Waals surface area contributed by atoms with Gasteiger partial charge in [0.1, 0.15) is 6.54 Å². The number of benzene rings is 1. The summed E-state index contributed by atoms with van der Waals surface area (Å²) in [6.07, 6.45) is 9.98. The number of rotatable bonds is 3. The Morgan fingerprint density at radius 2 is 1.93 bits per heavy atom. The van der Waals surface area contributed by atoms with Gasteiger partial charge in [-0.1, -0.05) is 37.1 Å². The third-order valence-electron chi connectivity index (χ3n) is 6.95. The molecule has 1 spiro atoms. The summed E-state index contributed by atoms with van der Waals surface area (Å²) in [5.41, 5.74) is 3.42. The molecule has 1 aromatic rings. The summed E-state index contributed by atoms with van der Waals surface area (Å²) in [5, 5.41) is 3.74. The van der Waals surface area contributed by atoms with E-state index in [1.807, 2.05) is 0 Å². The SMILES string of the molecule is CN(C)C(=O)CN=C(NC1CCc2ccccc2C1)N1CCC2(CCCC2)C1.I. The van der Waals surface area contributed by atoms with Gasteiger partial charge in [-0.2, -0.15) is 0 Å². The second-order valence-corrected chi connectivity index (χ2v) is 9.16. The Morgan fingerprint density at radius 1 is 1.21 bits per heavy atom. The number of guanidine groups is 1. The molecule has 5 nitrogen and oxygen atoms in total. The van der Waals surface area contributed by atoms with E-state index in [0.29, 0.717) is 11.5 Å². The molecule has 2 fully saturated rings. The zero-order valence-corrected chi connectivity index (χ0v) is 20.2. The van der Waals surface area contributed by atoms with E-state index in [1.165, 1.54) is 43.2 Å². The molecule has 1 saturated carbocycles. The summed E-state index contributed by atoms with van der Waals surface area (Å²) in [4.78, 5) is 21.0. The molecule has 29 heavy (non-hydrogen) atoms. The lowest BCUT2D eigenvalue weighted by Crippen LogP contribution is -2.48. The Kier molecular flexibility index (Phi) is 7.46. The second kappa shape index (κ2) is 9.67. The third kappa shape index (κ3) is 5.25. The van der Waals surface area contributed by atoms with E-state index in [9.17, 15) is 4.79 Å². The van der Waals surface area contributed by atoms with E-state index in [-0.39, 0.29) is 36.4 Å². The van der Waals surface area contributed by atoms with E-state index < -0.39 is 0 Å². The molecular formula is C23H35IN4O. The molecule has 1 saturated heterocycles. The lowest BCUT2D eigenvalue weighted by atomic mass is 9.86. The molecule has 3 aliphatic rings. The van der Waals surface area contributed by atoms with Crippen LogP contribution in [0.3, 0.4) is 0 Å². The molecule has 1 heterocycles. The quantitative estimate of drug-likeness (QED) is 0.385. The lowest BCUT2D eigenvalue weighted by molar-refractivity contribution is -0.127. The van der Waals surface area contributed by atoms with Gasteiger partial charge < -0.3 is 15.1 Å². The van der Waals surface area contributed by atoms with Crippen LogP contribution in [0.4, 0.5) is 0 Å². The van der Waals surface area contributed by atoms with Crippen LogP contribution in [0.1, 0.15) is 49.7 Å². The summed E-state index contributed by atoms with van der Waals surface area (Å²) in [5.74, 6) is 1.01. The van der Waals surface area contributed by atoms with Crippen LogP contribution in [-0.4, -0.2) is 61.4 Å². The maximum Gasteiger partial charge on any atom is 0.243 e. The van der Waals surface area contributed by atoms with Gasteiger partial charge in [-0.25, -0.2) is 4.99 Å². The minimum Gasteiger partial charge on any atom is -0.353 e. The van der Waals surface area contributed by atoms with Crippen LogP contribution in [0.5, 0.6) is 0 Å². The topological polar surface area (TPSA) is 47.9 Å². The summed E-state index contributed by atoms with van der Waals surface area (Å²) in [6.45, 7) is 2.38. The molecule has 1 aromatic carbocycles. The zero-order valence-electron chi connectivity index (χ0n) is 17.8. The fourth-order valence-corrected chi connectivity index (χ4v) is 5.17. The van der Waals surface area contributed by atoms with E-state index in [4.69, 9.17) is 4.99 Å². The van der Waals surface area contributed by atoms with Crippen LogP contribution in [-0.2, 0) is 17.6 Å². The Balaban J connectivity index is 0.00000240. The highest BCUT2D eigenvalue weighted by molar-refractivity contribution is 14.0. The number of likely N-dealkylation sites (N-methyl/N-ethyl adjacent to an activating group) is 1. The largest absolute Gasteiger partial charge is 0.353 e. The number of aliphatic imine (C=N–C) groups is 1. The molecule has 0 aromatic heterocycles. The lowest BCUT2D eigenvalue weighted by Gasteiger charge is -2.31. The van der Waals surface area contributed by atoms with Crippen molar-refractivity contribution in [3.8, 4) is 0 Å². The van der Waals surface area contributed by atoms with E-state index >= 15 is 0 Å². The standard InChI is InChI=1S/C23H34N4O.HI/c1-26(2)21(28)16-24-22(27-14-13-23(17-27)11-5-6-12-23)25-20-10-9-18-7-3-4-8-19(18)15-20;/h3-4,7-8,20H,5-6,9-17H2,1-2H3,(H,24,25);1H. The van der Waals surface area contributed by atoms with Gasteiger partial charge >= 0.3 is 0 Å². The average Bonchev–Trinajstić information content (AvgIpc) is 3.34. The molecule has 160 valence electrons. The van der Waals surface area contributed by atoms with Crippen molar-refractivity contribution in [2.24, 2.45) is 10.4 Å². The van der Waals surface area contributed by atoms with Crippen molar-refractivity contribution in [3.05, 3.63) is 35.4 Å². The normalized spacial score (nSPS) is 22.9. The van der Waals surface area contributed by atoms with Crippen LogP contribution in [0, 0.1) is 5.41 Å². The van der Waals surface area contributed by atoms with Crippen LogP contribution >= 0.6 is 24.0 Å². The number of halogens is 1. The van der Waals surface area contributed by atoms with Crippen molar-refractivity contribution < 1.29 is 4.79 Å². The number of carbonyl (C=O) groups excluding carboxylic acids is 1. The Labute approximate surface area is 192 Å². The van der Waals surface area contributed by atoms with Crippen molar-refractivity contribution in [3.63, 3.8) is 0 Å². The molecular weight excluding hydrogens is 475 g/mol. The Bertz CT molecular complexity index is 742. The Morgan fingerprint density at radius 3 is 2.66 bits per heavy atom. The first kappa shape index (κ1) is 22.4. The number of nitrogens with zero attached hydrogens (tertiary/aromatic N) is 3. The molecule has 1 atom stereocenters. The van der Waals surface area contributed by atoms with Crippen molar-refractivity contribution in [2.75, 3.05) is 33.7 Å². The average molecular weight is 510 g/mol. The van der Waals surface area contributed by atoms with Crippen LogP contribution in [0.2, 0.25) is 0 Å². The summed E-state index contributed by atoms with van der Waals surface area (Å²) in [6, 6.07) is 9.16. The van der Waals surface area contributed by atoms with Gasteiger partial charge in [0.2, 0.25) is 5.91 Å². The van der Waals surface area contributed by atoms with E-state index in [1.54, 1.807) is 19.0 Å². The number of hydrogen-bond acceptors (Lipinski definition) is 2. The molecule has 6 heteroatoms. The third-order valence-corrected chi connectivity index (χ3v) is 6.95. The molecule has 4 rings (SSSR count). The van der Waals surface area contributed by atoms with Gasteiger partial charge in [0.25, 0.3) is 0 Å².